The van der Waals surface area contributed by atoms with Gasteiger partial charge in [-0.05, 0) is 54.4 Å². The van der Waals surface area contributed by atoms with Crippen LogP contribution in [-0.4, -0.2) is 38.3 Å². The minimum atomic E-state index is -0.744. The van der Waals surface area contributed by atoms with E-state index in [0.717, 1.165) is 5.56 Å². The summed E-state index contributed by atoms with van der Waals surface area (Å²) >= 11 is 0. The molecule has 4 rings (SSSR count). The standard InChI is InChI=1S/C24H21N3O4/c1-2-31-19-5-3-4-18(14-19)22(28)20-21(17-8-12-26-13-9-17)27(24(30)23(20)29)15-16-6-10-25-11-7-16/h3-14,21,28H,2,15H2,1H3/b22-20+. The van der Waals surface area contributed by atoms with Crippen LogP contribution in [0.2, 0.25) is 0 Å². The average Bonchev–Trinajstić information content (AvgIpc) is 3.05. The van der Waals surface area contributed by atoms with Crippen molar-refractivity contribution < 1.29 is 19.4 Å². The fraction of sp³-hybridized carbons (Fsp3) is 0.167. The zero-order valence-electron chi connectivity index (χ0n) is 16.9. The monoisotopic (exact) mass is 415 g/mol. The molecule has 1 aliphatic heterocycles. The summed E-state index contributed by atoms with van der Waals surface area (Å²) in [4.78, 5) is 35.5. The van der Waals surface area contributed by atoms with Crippen molar-refractivity contribution >= 4 is 17.4 Å². The smallest absolute Gasteiger partial charge is 0.295 e. The van der Waals surface area contributed by atoms with Crippen molar-refractivity contribution in [3.8, 4) is 5.75 Å². The van der Waals surface area contributed by atoms with Gasteiger partial charge in [-0.1, -0.05) is 12.1 Å². The fourth-order valence-corrected chi connectivity index (χ4v) is 3.68. The first-order valence-corrected chi connectivity index (χ1v) is 9.90. The average molecular weight is 415 g/mol. The van der Waals surface area contributed by atoms with Gasteiger partial charge < -0.3 is 14.7 Å². The lowest BCUT2D eigenvalue weighted by Crippen LogP contribution is -2.29. The summed E-state index contributed by atoms with van der Waals surface area (Å²) in [6.07, 6.45) is 6.45. The van der Waals surface area contributed by atoms with Gasteiger partial charge in [0.2, 0.25) is 0 Å². The van der Waals surface area contributed by atoms with Crippen LogP contribution in [0.25, 0.3) is 5.76 Å². The summed E-state index contributed by atoms with van der Waals surface area (Å²) in [5.74, 6) is -1.06. The molecule has 7 nitrogen and oxygen atoms in total. The van der Waals surface area contributed by atoms with E-state index in [1.54, 1.807) is 73.3 Å². The van der Waals surface area contributed by atoms with Crippen LogP contribution in [0.5, 0.6) is 5.75 Å². The molecule has 0 radical (unpaired) electrons. The van der Waals surface area contributed by atoms with E-state index in [9.17, 15) is 14.7 Å². The summed E-state index contributed by atoms with van der Waals surface area (Å²) in [7, 11) is 0. The first kappa shape index (κ1) is 20.3. The van der Waals surface area contributed by atoms with Crippen molar-refractivity contribution in [2.45, 2.75) is 19.5 Å². The summed E-state index contributed by atoms with van der Waals surface area (Å²) in [6.45, 7) is 2.54. The summed E-state index contributed by atoms with van der Waals surface area (Å²) in [6, 6.07) is 13.1. The van der Waals surface area contributed by atoms with Gasteiger partial charge >= 0.3 is 0 Å². The van der Waals surface area contributed by atoms with Crippen LogP contribution in [0.3, 0.4) is 0 Å². The topological polar surface area (TPSA) is 92.6 Å². The summed E-state index contributed by atoms with van der Waals surface area (Å²) in [5.41, 5.74) is 1.96. The molecule has 0 saturated carbocycles. The van der Waals surface area contributed by atoms with Gasteiger partial charge in [0.25, 0.3) is 11.7 Å². The van der Waals surface area contributed by atoms with Crippen LogP contribution in [0.4, 0.5) is 0 Å². The first-order valence-electron chi connectivity index (χ1n) is 9.90. The van der Waals surface area contributed by atoms with Gasteiger partial charge in [-0.2, -0.15) is 0 Å². The number of hydrogen-bond donors (Lipinski definition) is 1. The molecule has 1 unspecified atom stereocenters. The number of aromatic nitrogens is 2. The van der Waals surface area contributed by atoms with E-state index in [0.29, 0.717) is 23.5 Å². The Bertz CT molecular complexity index is 1130. The number of ether oxygens (including phenoxy) is 1. The van der Waals surface area contributed by atoms with Crippen LogP contribution in [0, 0.1) is 0 Å². The van der Waals surface area contributed by atoms with Crippen molar-refractivity contribution in [2.75, 3.05) is 6.61 Å². The van der Waals surface area contributed by atoms with E-state index in [-0.39, 0.29) is 17.9 Å². The molecule has 1 amide bonds. The SMILES string of the molecule is CCOc1cccc(/C(O)=C2\C(=O)C(=O)N(Cc3ccncc3)C2c2ccncc2)c1. The second-order valence-electron chi connectivity index (χ2n) is 7.02. The Kier molecular flexibility index (Phi) is 5.75. The lowest BCUT2D eigenvalue weighted by molar-refractivity contribution is -0.140. The lowest BCUT2D eigenvalue weighted by Gasteiger charge is -2.25. The largest absolute Gasteiger partial charge is 0.507 e. The van der Waals surface area contributed by atoms with Crippen molar-refractivity contribution in [3.05, 3.63) is 95.6 Å². The van der Waals surface area contributed by atoms with Crippen molar-refractivity contribution in [3.63, 3.8) is 0 Å². The van der Waals surface area contributed by atoms with Gasteiger partial charge in [-0.3, -0.25) is 19.6 Å². The molecule has 156 valence electrons. The van der Waals surface area contributed by atoms with Crippen molar-refractivity contribution in [1.29, 1.82) is 0 Å². The normalized spacial score (nSPS) is 17.7. The van der Waals surface area contributed by atoms with Gasteiger partial charge in [0.05, 0.1) is 18.2 Å². The number of pyridine rings is 2. The Hall–Kier alpha value is -4.00. The third-order valence-corrected chi connectivity index (χ3v) is 5.08. The molecule has 3 aromatic rings. The number of aliphatic hydroxyl groups excluding tert-OH is 1. The Morgan fingerprint density at radius 2 is 1.71 bits per heavy atom. The van der Waals surface area contributed by atoms with E-state index in [2.05, 4.69) is 9.97 Å². The molecule has 2 aromatic heterocycles. The van der Waals surface area contributed by atoms with E-state index < -0.39 is 17.7 Å². The maximum Gasteiger partial charge on any atom is 0.295 e. The number of hydrogen-bond acceptors (Lipinski definition) is 6. The molecule has 1 N–H and O–H groups in total. The number of likely N-dealkylation sites (tertiary alicyclic amines) is 1. The first-order chi connectivity index (χ1) is 15.1. The number of amides is 1. The molecule has 1 aromatic carbocycles. The molecular formula is C24H21N3O4. The molecule has 1 fully saturated rings. The van der Waals surface area contributed by atoms with Crippen molar-refractivity contribution in [2.24, 2.45) is 0 Å². The Labute approximate surface area is 179 Å². The van der Waals surface area contributed by atoms with E-state index in [1.807, 2.05) is 6.92 Å². The van der Waals surface area contributed by atoms with Crippen LogP contribution in [-0.2, 0) is 16.1 Å². The highest BCUT2D eigenvalue weighted by Gasteiger charge is 2.46. The van der Waals surface area contributed by atoms with E-state index in [1.165, 1.54) is 4.90 Å². The molecule has 0 bridgehead atoms. The highest BCUT2D eigenvalue weighted by Crippen LogP contribution is 2.40. The van der Waals surface area contributed by atoms with E-state index >= 15 is 0 Å². The van der Waals surface area contributed by atoms with Gasteiger partial charge in [-0.15, -0.1) is 0 Å². The number of rotatable bonds is 6. The molecule has 1 atom stereocenters. The van der Waals surface area contributed by atoms with Gasteiger partial charge in [0, 0.05) is 36.9 Å². The Morgan fingerprint density at radius 1 is 1.03 bits per heavy atom. The maximum absolute atomic E-state index is 13.0. The zero-order valence-corrected chi connectivity index (χ0v) is 16.9. The number of aliphatic hydroxyl groups is 1. The Balaban J connectivity index is 1.83. The third-order valence-electron chi connectivity index (χ3n) is 5.08. The molecule has 31 heavy (non-hydrogen) atoms. The quantitative estimate of drug-likeness (QED) is 0.376. The van der Waals surface area contributed by atoms with Gasteiger partial charge in [0.15, 0.2) is 0 Å². The van der Waals surface area contributed by atoms with Crippen LogP contribution < -0.4 is 4.74 Å². The summed E-state index contributed by atoms with van der Waals surface area (Å²) < 4.78 is 5.51. The predicted octanol–water partition coefficient (Wildman–Crippen LogP) is 3.50. The number of carbonyl (C=O) groups is 2. The third kappa shape index (κ3) is 4.02. The summed E-state index contributed by atoms with van der Waals surface area (Å²) in [5, 5.41) is 11.1. The Morgan fingerprint density at radius 3 is 2.39 bits per heavy atom. The highest BCUT2D eigenvalue weighted by atomic mass is 16.5. The van der Waals surface area contributed by atoms with Crippen LogP contribution in [0.1, 0.15) is 29.7 Å². The molecule has 3 heterocycles. The van der Waals surface area contributed by atoms with Crippen LogP contribution >= 0.6 is 0 Å². The molecule has 0 spiro atoms. The lowest BCUT2D eigenvalue weighted by atomic mass is 9.95. The number of ketones is 1. The van der Waals surface area contributed by atoms with Gasteiger partial charge in [-0.25, -0.2) is 0 Å². The van der Waals surface area contributed by atoms with Crippen LogP contribution in [0.15, 0.2) is 78.9 Å². The molecule has 7 heteroatoms. The molecule has 1 saturated heterocycles. The second kappa shape index (κ2) is 8.79. The number of carbonyl (C=O) groups excluding carboxylic acids is 2. The maximum atomic E-state index is 13.0. The number of Topliss-reactive ketones (excluding diaryl/α,β-unsaturated/α-hetero) is 1. The molecule has 0 aliphatic carbocycles. The number of nitrogens with zero attached hydrogens (tertiary/aromatic N) is 3. The zero-order chi connectivity index (χ0) is 21.8. The molecule has 1 aliphatic rings. The van der Waals surface area contributed by atoms with Gasteiger partial charge in [0.1, 0.15) is 11.5 Å². The highest BCUT2D eigenvalue weighted by molar-refractivity contribution is 6.46. The minimum Gasteiger partial charge on any atom is -0.507 e. The molecular weight excluding hydrogens is 394 g/mol. The second-order valence-corrected chi connectivity index (χ2v) is 7.02. The van der Waals surface area contributed by atoms with E-state index in [4.69, 9.17) is 4.74 Å². The number of benzene rings is 1. The predicted molar refractivity (Wildman–Crippen MR) is 114 cm³/mol. The minimum absolute atomic E-state index is 0.0407. The fourth-order valence-electron chi connectivity index (χ4n) is 3.68. The van der Waals surface area contributed by atoms with Crippen molar-refractivity contribution in [1.82, 2.24) is 14.9 Å².